The van der Waals surface area contributed by atoms with Crippen LogP contribution < -0.4 is 5.56 Å². The van der Waals surface area contributed by atoms with Crippen LogP contribution in [0.25, 0.3) is 10.9 Å². The van der Waals surface area contributed by atoms with Crippen LogP contribution >= 0.6 is 23.4 Å². The number of benzene rings is 2. The molecule has 0 amide bonds. The van der Waals surface area contributed by atoms with Crippen LogP contribution in [-0.2, 0) is 16.1 Å². The molecule has 2 aromatic carbocycles. The minimum atomic E-state index is -0.334. The summed E-state index contributed by atoms with van der Waals surface area (Å²) in [5.74, 6) is 0.607. The fourth-order valence-corrected chi connectivity index (χ4v) is 3.38. The van der Waals surface area contributed by atoms with Crippen molar-refractivity contribution >= 4 is 40.2 Å². The minimum Gasteiger partial charge on any atom is -0.457 e. The number of carbonyl (C=O) groups is 1. The first-order valence-electron chi connectivity index (χ1n) is 8.05. The molecule has 1 heterocycles. The molecular formula is C19H17ClN2O3S. The number of para-hydroxylation sites is 1. The van der Waals surface area contributed by atoms with E-state index in [1.165, 1.54) is 0 Å². The number of hydrogen-bond donors (Lipinski definition) is 1. The predicted molar refractivity (Wildman–Crippen MR) is 104 cm³/mol. The molecule has 3 rings (SSSR count). The molecule has 5 nitrogen and oxygen atoms in total. The van der Waals surface area contributed by atoms with Crippen LogP contribution in [0.2, 0.25) is 5.02 Å². The third-order valence-electron chi connectivity index (χ3n) is 3.75. The quantitative estimate of drug-likeness (QED) is 0.508. The van der Waals surface area contributed by atoms with Gasteiger partial charge in [0.1, 0.15) is 12.4 Å². The van der Waals surface area contributed by atoms with Crippen LogP contribution in [0.3, 0.4) is 0 Å². The van der Waals surface area contributed by atoms with E-state index >= 15 is 0 Å². The third kappa shape index (κ3) is 4.65. The van der Waals surface area contributed by atoms with Gasteiger partial charge in [0.2, 0.25) is 0 Å². The standard InChI is InChI=1S/C19H17ClN2O3S/c1-12-3-2-4-15-18(12)21-16(22-19(15)24)11-25-17(23)9-10-26-14-7-5-13(20)6-8-14/h2-8H,9-11H2,1H3,(H,21,22,24). The summed E-state index contributed by atoms with van der Waals surface area (Å²) >= 11 is 7.39. The van der Waals surface area contributed by atoms with E-state index in [9.17, 15) is 9.59 Å². The summed E-state index contributed by atoms with van der Waals surface area (Å²) in [7, 11) is 0. The maximum Gasteiger partial charge on any atom is 0.307 e. The average molecular weight is 389 g/mol. The van der Waals surface area contributed by atoms with Crippen molar-refractivity contribution in [2.24, 2.45) is 0 Å². The summed E-state index contributed by atoms with van der Waals surface area (Å²) in [5, 5.41) is 1.21. The van der Waals surface area contributed by atoms with Gasteiger partial charge in [0, 0.05) is 15.7 Å². The van der Waals surface area contributed by atoms with Crippen molar-refractivity contribution in [1.82, 2.24) is 9.97 Å². The van der Waals surface area contributed by atoms with Crippen molar-refractivity contribution in [2.45, 2.75) is 24.8 Å². The average Bonchev–Trinajstić information content (AvgIpc) is 2.63. The van der Waals surface area contributed by atoms with Gasteiger partial charge in [0.05, 0.1) is 17.3 Å². The third-order valence-corrected chi connectivity index (χ3v) is 5.01. The number of H-pyrrole nitrogens is 1. The molecule has 0 radical (unpaired) electrons. The molecule has 0 aliphatic heterocycles. The molecule has 134 valence electrons. The zero-order valence-corrected chi connectivity index (χ0v) is 15.7. The van der Waals surface area contributed by atoms with Gasteiger partial charge in [-0.25, -0.2) is 4.98 Å². The Morgan fingerprint density at radius 1 is 1.23 bits per heavy atom. The molecule has 0 saturated carbocycles. The fourth-order valence-electron chi connectivity index (χ4n) is 2.42. The van der Waals surface area contributed by atoms with Crippen molar-refractivity contribution in [2.75, 3.05) is 5.75 Å². The van der Waals surface area contributed by atoms with Crippen LogP contribution in [0.15, 0.2) is 52.2 Å². The van der Waals surface area contributed by atoms with Gasteiger partial charge in [-0.1, -0.05) is 23.7 Å². The first-order valence-corrected chi connectivity index (χ1v) is 9.42. The fraction of sp³-hybridized carbons (Fsp3) is 0.211. The Hall–Kier alpha value is -2.31. The Labute approximate surface area is 159 Å². The summed E-state index contributed by atoms with van der Waals surface area (Å²) in [6, 6.07) is 12.9. The zero-order chi connectivity index (χ0) is 18.5. The highest BCUT2D eigenvalue weighted by Gasteiger charge is 2.09. The SMILES string of the molecule is Cc1cccc2c(=O)[nH]c(COC(=O)CCSc3ccc(Cl)cc3)nc12. The number of aromatic nitrogens is 2. The molecular weight excluding hydrogens is 372 g/mol. The first kappa shape index (κ1) is 18.5. The maximum atomic E-state index is 12.1. The molecule has 26 heavy (non-hydrogen) atoms. The summed E-state index contributed by atoms with van der Waals surface area (Å²) < 4.78 is 5.22. The number of hydrogen-bond acceptors (Lipinski definition) is 5. The lowest BCUT2D eigenvalue weighted by molar-refractivity contribution is -0.144. The Bertz CT molecular complexity index is 986. The van der Waals surface area contributed by atoms with Crippen LogP contribution in [-0.4, -0.2) is 21.7 Å². The number of carbonyl (C=O) groups excluding carboxylic acids is 1. The largest absolute Gasteiger partial charge is 0.457 e. The van der Waals surface area contributed by atoms with Crippen LogP contribution in [0.4, 0.5) is 0 Å². The van der Waals surface area contributed by atoms with Gasteiger partial charge >= 0.3 is 5.97 Å². The van der Waals surface area contributed by atoms with Gasteiger partial charge < -0.3 is 9.72 Å². The van der Waals surface area contributed by atoms with E-state index in [2.05, 4.69) is 9.97 Å². The topological polar surface area (TPSA) is 72.1 Å². The molecule has 1 N–H and O–H groups in total. The Morgan fingerprint density at radius 3 is 2.77 bits per heavy atom. The second-order valence-electron chi connectivity index (χ2n) is 5.70. The van der Waals surface area contributed by atoms with E-state index in [0.29, 0.717) is 27.5 Å². The van der Waals surface area contributed by atoms with Crippen LogP contribution in [0, 0.1) is 6.92 Å². The monoisotopic (exact) mass is 388 g/mol. The molecule has 0 bridgehead atoms. The lowest BCUT2D eigenvalue weighted by Crippen LogP contribution is -2.15. The summed E-state index contributed by atoms with van der Waals surface area (Å²) in [4.78, 5) is 32.1. The van der Waals surface area contributed by atoms with Gasteiger partial charge in [-0.3, -0.25) is 9.59 Å². The van der Waals surface area contributed by atoms with Crippen molar-refractivity contribution in [3.8, 4) is 0 Å². The van der Waals surface area contributed by atoms with Gasteiger partial charge in [0.15, 0.2) is 0 Å². The van der Waals surface area contributed by atoms with E-state index in [-0.39, 0.29) is 24.6 Å². The maximum absolute atomic E-state index is 12.1. The van der Waals surface area contributed by atoms with Gasteiger partial charge in [0.25, 0.3) is 5.56 Å². The number of aryl methyl sites for hydroxylation is 1. The number of nitrogens with zero attached hydrogens (tertiary/aromatic N) is 1. The van der Waals surface area contributed by atoms with Crippen molar-refractivity contribution in [3.63, 3.8) is 0 Å². The van der Waals surface area contributed by atoms with E-state index in [0.717, 1.165) is 10.5 Å². The lowest BCUT2D eigenvalue weighted by Gasteiger charge is -2.07. The number of ether oxygens (including phenoxy) is 1. The summed E-state index contributed by atoms with van der Waals surface area (Å²) in [6.07, 6.45) is 0.268. The van der Waals surface area contributed by atoms with E-state index < -0.39 is 0 Å². The lowest BCUT2D eigenvalue weighted by atomic mass is 10.1. The van der Waals surface area contributed by atoms with E-state index in [1.807, 2.05) is 43.3 Å². The molecule has 0 atom stereocenters. The Balaban J connectivity index is 1.54. The molecule has 0 aliphatic rings. The Morgan fingerprint density at radius 2 is 2.00 bits per heavy atom. The van der Waals surface area contributed by atoms with E-state index in [4.69, 9.17) is 16.3 Å². The number of fused-ring (bicyclic) bond motifs is 1. The van der Waals surface area contributed by atoms with Crippen molar-refractivity contribution in [3.05, 3.63) is 69.2 Å². The van der Waals surface area contributed by atoms with Gasteiger partial charge in [-0.15, -0.1) is 11.8 Å². The zero-order valence-electron chi connectivity index (χ0n) is 14.1. The molecule has 0 fully saturated rings. The molecule has 0 unspecified atom stereocenters. The second kappa shape index (κ2) is 8.38. The molecule has 7 heteroatoms. The Kier molecular flexibility index (Phi) is 5.96. The number of nitrogens with one attached hydrogen (secondary N) is 1. The minimum absolute atomic E-state index is 0.0516. The highest BCUT2D eigenvalue weighted by molar-refractivity contribution is 7.99. The molecule has 0 saturated heterocycles. The number of thioether (sulfide) groups is 1. The number of halogens is 1. The highest BCUT2D eigenvalue weighted by Crippen LogP contribution is 2.21. The van der Waals surface area contributed by atoms with Gasteiger partial charge in [-0.2, -0.15) is 0 Å². The van der Waals surface area contributed by atoms with Crippen LogP contribution in [0.1, 0.15) is 17.8 Å². The molecule has 0 aliphatic carbocycles. The molecule has 3 aromatic rings. The van der Waals surface area contributed by atoms with Crippen LogP contribution in [0.5, 0.6) is 0 Å². The number of rotatable bonds is 6. The summed E-state index contributed by atoms with van der Waals surface area (Å²) in [5.41, 5.74) is 1.30. The smallest absolute Gasteiger partial charge is 0.307 e. The normalized spacial score (nSPS) is 10.8. The highest BCUT2D eigenvalue weighted by atomic mass is 35.5. The van der Waals surface area contributed by atoms with Crippen molar-refractivity contribution < 1.29 is 9.53 Å². The number of aromatic amines is 1. The molecule has 0 spiro atoms. The van der Waals surface area contributed by atoms with E-state index in [1.54, 1.807) is 17.8 Å². The number of esters is 1. The second-order valence-corrected chi connectivity index (χ2v) is 7.30. The van der Waals surface area contributed by atoms with Crippen molar-refractivity contribution in [1.29, 1.82) is 0 Å². The summed E-state index contributed by atoms with van der Waals surface area (Å²) in [6.45, 7) is 1.84. The van der Waals surface area contributed by atoms with Gasteiger partial charge in [-0.05, 0) is 42.8 Å². The molecule has 1 aromatic heterocycles. The predicted octanol–water partition coefficient (Wildman–Crippen LogP) is 4.11. The first-order chi connectivity index (χ1) is 12.5.